The summed E-state index contributed by atoms with van der Waals surface area (Å²) in [6, 6.07) is 5.42. The van der Waals surface area contributed by atoms with Gasteiger partial charge in [-0.15, -0.1) is 0 Å². The van der Waals surface area contributed by atoms with E-state index in [1.165, 1.54) is 0 Å². The van der Waals surface area contributed by atoms with Gasteiger partial charge >= 0.3 is 0 Å². The Morgan fingerprint density at radius 1 is 1.38 bits per heavy atom. The molecule has 0 bridgehead atoms. The van der Waals surface area contributed by atoms with Crippen LogP contribution in [0.1, 0.15) is 32.8 Å². The Labute approximate surface area is 97.4 Å². The smallest absolute Gasteiger partial charge is 0.160 e. The second kappa shape index (κ2) is 5.21. The van der Waals surface area contributed by atoms with Gasteiger partial charge < -0.3 is 15.2 Å². The second-order valence-electron chi connectivity index (χ2n) is 4.60. The van der Waals surface area contributed by atoms with Crippen LogP contribution in [0.3, 0.4) is 0 Å². The maximum absolute atomic E-state index is 9.46. The summed E-state index contributed by atoms with van der Waals surface area (Å²) < 4.78 is 5.07. The minimum absolute atomic E-state index is 0.130. The van der Waals surface area contributed by atoms with Gasteiger partial charge in [0.25, 0.3) is 0 Å². The fourth-order valence-corrected chi connectivity index (χ4v) is 1.30. The summed E-state index contributed by atoms with van der Waals surface area (Å²) in [5, 5.41) is 12.9. The lowest BCUT2D eigenvalue weighted by atomic mass is 10.0. The number of rotatable bonds is 5. The Balaban J connectivity index is 2.68. The van der Waals surface area contributed by atoms with Crippen molar-refractivity contribution in [3.63, 3.8) is 0 Å². The average molecular weight is 223 g/mol. The summed E-state index contributed by atoms with van der Waals surface area (Å²) >= 11 is 0. The number of hydrogen-bond acceptors (Lipinski definition) is 3. The van der Waals surface area contributed by atoms with Crippen molar-refractivity contribution in [3.05, 3.63) is 23.8 Å². The summed E-state index contributed by atoms with van der Waals surface area (Å²) in [7, 11) is 1.56. The minimum atomic E-state index is 0.130. The van der Waals surface area contributed by atoms with Crippen LogP contribution >= 0.6 is 0 Å². The summed E-state index contributed by atoms with van der Waals surface area (Å²) in [5.74, 6) is 0.703. The van der Waals surface area contributed by atoms with E-state index in [4.69, 9.17) is 4.74 Å². The molecule has 0 aliphatic carbocycles. The van der Waals surface area contributed by atoms with Gasteiger partial charge in [0.05, 0.1) is 7.11 Å². The fourth-order valence-electron chi connectivity index (χ4n) is 1.30. The third-order valence-electron chi connectivity index (χ3n) is 2.90. The lowest BCUT2D eigenvalue weighted by molar-refractivity contribution is 0.366. The summed E-state index contributed by atoms with van der Waals surface area (Å²) in [6.07, 6.45) is 1.07. The van der Waals surface area contributed by atoms with Crippen LogP contribution in [0.5, 0.6) is 11.5 Å². The van der Waals surface area contributed by atoms with E-state index in [0.29, 0.717) is 5.75 Å². The predicted molar refractivity (Wildman–Crippen MR) is 65.9 cm³/mol. The molecule has 1 aromatic rings. The van der Waals surface area contributed by atoms with Crippen molar-refractivity contribution in [2.45, 2.75) is 39.3 Å². The summed E-state index contributed by atoms with van der Waals surface area (Å²) in [5.41, 5.74) is 1.24. The number of phenolic OH excluding ortho intramolecular Hbond substituents is 1. The van der Waals surface area contributed by atoms with Crippen LogP contribution < -0.4 is 10.1 Å². The highest BCUT2D eigenvalue weighted by Crippen LogP contribution is 2.26. The van der Waals surface area contributed by atoms with E-state index in [1.54, 1.807) is 13.2 Å². The first-order valence-electron chi connectivity index (χ1n) is 5.59. The number of ether oxygens (including phenoxy) is 1. The van der Waals surface area contributed by atoms with E-state index in [0.717, 1.165) is 18.5 Å². The number of aromatic hydroxyl groups is 1. The highest BCUT2D eigenvalue weighted by Gasteiger charge is 2.13. The third kappa shape index (κ3) is 3.42. The minimum Gasteiger partial charge on any atom is -0.504 e. The normalized spacial score (nSPS) is 11.5. The molecule has 1 aromatic carbocycles. The van der Waals surface area contributed by atoms with Crippen molar-refractivity contribution < 1.29 is 9.84 Å². The third-order valence-corrected chi connectivity index (χ3v) is 2.90. The monoisotopic (exact) mass is 223 g/mol. The number of nitrogens with one attached hydrogen (secondary N) is 1. The Kier molecular flexibility index (Phi) is 4.19. The molecule has 0 amide bonds. The van der Waals surface area contributed by atoms with Crippen molar-refractivity contribution in [3.8, 4) is 11.5 Å². The molecular formula is C13H21NO2. The first kappa shape index (κ1) is 12.8. The zero-order valence-corrected chi connectivity index (χ0v) is 10.5. The van der Waals surface area contributed by atoms with Gasteiger partial charge in [-0.05, 0) is 38.0 Å². The van der Waals surface area contributed by atoms with Crippen LogP contribution in [0.2, 0.25) is 0 Å². The Morgan fingerprint density at radius 2 is 2.06 bits per heavy atom. The molecule has 0 saturated carbocycles. The maximum atomic E-state index is 9.46. The van der Waals surface area contributed by atoms with Crippen molar-refractivity contribution in [2.75, 3.05) is 7.11 Å². The Morgan fingerprint density at radius 3 is 2.62 bits per heavy atom. The van der Waals surface area contributed by atoms with E-state index in [9.17, 15) is 5.11 Å². The average Bonchev–Trinajstić information content (AvgIpc) is 2.28. The Bertz CT molecular complexity index is 348. The lowest BCUT2D eigenvalue weighted by Gasteiger charge is -2.24. The highest BCUT2D eigenvalue weighted by atomic mass is 16.5. The van der Waals surface area contributed by atoms with Crippen LogP contribution in [0.4, 0.5) is 0 Å². The van der Waals surface area contributed by atoms with Crippen molar-refractivity contribution >= 4 is 0 Å². The van der Waals surface area contributed by atoms with Crippen LogP contribution in [0.25, 0.3) is 0 Å². The van der Waals surface area contributed by atoms with Crippen molar-refractivity contribution in [2.24, 2.45) is 0 Å². The molecule has 3 nitrogen and oxygen atoms in total. The van der Waals surface area contributed by atoms with Crippen molar-refractivity contribution in [1.82, 2.24) is 5.32 Å². The molecule has 0 aliphatic rings. The first-order chi connectivity index (χ1) is 7.48. The van der Waals surface area contributed by atoms with E-state index in [1.807, 2.05) is 12.1 Å². The molecule has 0 fully saturated rings. The predicted octanol–water partition coefficient (Wildman–Crippen LogP) is 2.68. The summed E-state index contributed by atoms with van der Waals surface area (Å²) in [6.45, 7) is 7.27. The standard InChI is InChI=1S/C13H21NO2/c1-5-13(2,3)14-9-10-6-7-11(15)12(8-10)16-4/h6-8,14-15H,5,9H2,1-4H3. The molecule has 90 valence electrons. The SMILES string of the molecule is CCC(C)(C)NCc1ccc(O)c(OC)c1. The second-order valence-corrected chi connectivity index (χ2v) is 4.60. The Hall–Kier alpha value is -1.22. The van der Waals surface area contributed by atoms with E-state index < -0.39 is 0 Å². The molecule has 0 saturated heterocycles. The number of methoxy groups -OCH3 is 1. The van der Waals surface area contributed by atoms with Gasteiger partial charge in [0.2, 0.25) is 0 Å². The van der Waals surface area contributed by atoms with Gasteiger partial charge in [-0.3, -0.25) is 0 Å². The maximum Gasteiger partial charge on any atom is 0.160 e. The van der Waals surface area contributed by atoms with Gasteiger partial charge in [-0.2, -0.15) is 0 Å². The zero-order valence-electron chi connectivity index (χ0n) is 10.5. The number of phenols is 1. The zero-order chi connectivity index (χ0) is 12.2. The van der Waals surface area contributed by atoms with Crippen LogP contribution in [-0.4, -0.2) is 17.8 Å². The molecule has 0 unspecified atom stereocenters. The molecule has 0 radical (unpaired) electrons. The largest absolute Gasteiger partial charge is 0.504 e. The first-order valence-corrected chi connectivity index (χ1v) is 5.59. The molecule has 1 rings (SSSR count). The van der Waals surface area contributed by atoms with Crippen molar-refractivity contribution in [1.29, 1.82) is 0 Å². The molecule has 3 heteroatoms. The molecular weight excluding hydrogens is 202 g/mol. The molecule has 16 heavy (non-hydrogen) atoms. The van der Waals surface area contributed by atoms with Gasteiger partial charge in [0.1, 0.15) is 0 Å². The fraction of sp³-hybridized carbons (Fsp3) is 0.538. The molecule has 0 spiro atoms. The molecule has 0 aliphatic heterocycles. The molecule has 0 atom stereocenters. The van der Waals surface area contributed by atoms with E-state index in [2.05, 4.69) is 26.1 Å². The number of hydrogen-bond donors (Lipinski definition) is 2. The molecule has 0 heterocycles. The van der Waals surface area contributed by atoms with E-state index >= 15 is 0 Å². The van der Waals surface area contributed by atoms with Gasteiger partial charge in [-0.25, -0.2) is 0 Å². The number of benzene rings is 1. The van der Waals surface area contributed by atoms with Gasteiger partial charge in [0.15, 0.2) is 11.5 Å². The quantitative estimate of drug-likeness (QED) is 0.806. The summed E-state index contributed by atoms with van der Waals surface area (Å²) in [4.78, 5) is 0. The lowest BCUT2D eigenvalue weighted by Crippen LogP contribution is -2.37. The van der Waals surface area contributed by atoms with Crippen LogP contribution in [-0.2, 0) is 6.54 Å². The topological polar surface area (TPSA) is 41.5 Å². The van der Waals surface area contributed by atoms with Gasteiger partial charge in [0, 0.05) is 12.1 Å². The molecule has 0 aromatic heterocycles. The van der Waals surface area contributed by atoms with E-state index in [-0.39, 0.29) is 11.3 Å². The van der Waals surface area contributed by atoms with Gasteiger partial charge in [-0.1, -0.05) is 13.0 Å². The van der Waals surface area contributed by atoms with Crippen LogP contribution in [0.15, 0.2) is 18.2 Å². The molecule has 2 N–H and O–H groups in total. The van der Waals surface area contributed by atoms with Crippen LogP contribution in [0, 0.1) is 0 Å². The highest BCUT2D eigenvalue weighted by molar-refractivity contribution is 5.41.